The number of aromatic nitrogens is 2. The molecule has 94 valence electrons. The van der Waals surface area contributed by atoms with Crippen molar-refractivity contribution in [1.82, 2.24) is 9.55 Å². The lowest BCUT2D eigenvalue weighted by Gasteiger charge is -2.25. The molecule has 6 heteroatoms. The molecule has 0 aliphatic carbocycles. The molecule has 17 heavy (non-hydrogen) atoms. The first-order valence-electron chi connectivity index (χ1n) is 5.65. The van der Waals surface area contributed by atoms with E-state index in [1.165, 1.54) is 7.11 Å². The molecule has 2 N–H and O–H groups in total. The van der Waals surface area contributed by atoms with Crippen LogP contribution in [0.2, 0.25) is 0 Å². The Balaban J connectivity index is 2.33. The van der Waals surface area contributed by atoms with E-state index in [4.69, 9.17) is 10.5 Å². The standard InChI is InChI=1S/C11H17N3O3/c1-7-13-9(11(15)16-2)10(12)14(7)8-3-5-17-6-4-8/h8H,3-6,12H2,1-2H3. The number of carbonyl (C=O) groups excluding carboxylic acids is 1. The SMILES string of the molecule is COC(=O)c1nc(C)n(C2CCOCC2)c1N. The van der Waals surface area contributed by atoms with Crippen molar-refractivity contribution in [3.63, 3.8) is 0 Å². The Morgan fingerprint density at radius 2 is 2.18 bits per heavy atom. The lowest BCUT2D eigenvalue weighted by atomic mass is 10.1. The van der Waals surface area contributed by atoms with Crippen molar-refractivity contribution < 1.29 is 14.3 Å². The van der Waals surface area contributed by atoms with E-state index in [9.17, 15) is 4.79 Å². The van der Waals surface area contributed by atoms with Crippen LogP contribution in [0.3, 0.4) is 0 Å². The van der Waals surface area contributed by atoms with Gasteiger partial charge in [-0.25, -0.2) is 9.78 Å². The van der Waals surface area contributed by atoms with Crippen molar-refractivity contribution in [2.45, 2.75) is 25.8 Å². The number of nitrogens with two attached hydrogens (primary N) is 1. The van der Waals surface area contributed by atoms with Gasteiger partial charge < -0.3 is 19.8 Å². The Labute approximate surface area is 99.7 Å². The first-order chi connectivity index (χ1) is 8.15. The average molecular weight is 239 g/mol. The van der Waals surface area contributed by atoms with Gasteiger partial charge in [0.25, 0.3) is 0 Å². The Morgan fingerprint density at radius 1 is 1.53 bits per heavy atom. The molecule has 1 fully saturated rings. The number of anilines is 1. The number of aryl methyl sites for hydroxylation is 1. The summed E-state index contributed by atoms with van der Waals surface area (Å²) in [5, 5.41) is 0. The third-order valence-electron chi connectivity index (χ3n) is 3.06. The molecule has 0 aromatic carbocycles. The van der Waals surface area contributed by atoms with Crippen molar-refractivity contribution in [2.24, 2.45) is 0 Å². The van der Waals surface area contributed by atoms with Crippen LogP contribution in [-0.2, 0) is 9.47 Å². The van der Waals surface area contributed by atoms with Crippen molar-refractivity contribution >= 4 is 11.8 Å². The molecule has 1 saturated heterocycles. The summed E-state index contributed by atoms with van der Waals surface area (Å²) in [5.74, 6) is 0.646. The molecule has 0 atom stereocenters. The highest BCUT2D eigenvalue weighted by Crippen LogP contribution is 2.27. The van der Waals surface area contributed by atoms with Crippen LogP contribution in [0.1, 0.15) is 35.2 Å². The number of nitrogen functional groups attached to an aromatic ring is 1. The van der Waals surface area contributed by atoms with Crippen molar-refractivity contribution in [3.8, 4) is 0 Å². The van der Waals surface area contributed by atoms with Gasteiger partial charge in [0.15, 0.2) is 5.69 Å². The topological polar surface area (TPSA) is 79.4 Å². The molecule has 2 rings (SSSR count). The molecule has 6 nitrogen and oxygen atoms in total. The summed E-state index contributed by atoms with van der Waals surface area (Å²) in [5.41, 5.74) is 6.18. The van der Waals surface area contributed by atoms with Crippen molar-refractivity contribution in [2.75, 3.05) is 26.1 Å². The fourth-order valence-electron chi connectivity index (χ4n) is 2.21. The van der Waals surface area contributed by atoms with Crippen LogP contribution in [0.4, 0.5) is 5.82 Å². The van der Waals surface area contributed by atoms with E-state index < -0.39 is 5.97 Å². The number of hydrogen-bond donors (Lipinski definition) is 1. The zero-order chi connectivity index (χ0) is 12.4. The van der Waals surface area contributed by atoms with Gasteiger partial charge in [-0.15, -0.1) is 0 Å². The minimum Gasteiger partial charge on any atom is -0.464 e. The van der Waals surface area contributed by atoms with Crippen LogP contribution in [0.25, 0.3) is 0 Å². The molecule has 0 amide bonds. The number of esters is 1. The Morgan fingerprint density at radius 3 is 2.76 bits per heavy atom. The van der Waals surface area contributed by atoms with E-state index in [0.29, 0.717) is 5.82 Å². The number of nitrogens with zero attached hydrogens (tertiary/aromatic N) is 2. The van der Waals surface area contributed by atoms with Crippen LogP contribution in [0, 0.1) is 6.92 Å². The molecular formula is C11H17N3O3. The molecule has 0 unspecified atom stereocenters. The maximum Gasteiger partial charge on any atom is 0.360 e. The first kappa shape index (κ1) is 11.9. The lowest BCUT2D eigenvalue weighted by Crippen LogP contribution is -2.22. The molecule has 0 bridgehead atoms. The van der Waals surface area contributed by atoms with Crippen molar-refractivity contribution in [1.29, 1.82) is 0 Å². The minimum atomic E-state index is -0.489. The fourth-order valence-corrected chi connectivity index (χ4v) is 2.21. The number of rotatable bonds is 2. The number of carbonyl (C=O) groups is 1. The summed E-state index contributed by atoms with van der Waals surface area (Å²) < 4.78 is 11.9. The molecule has 1 aliphatic rings. The second-order valence-corrected chi connectivity index (χ2v) is 4.10. The normalized spacial score (nSPS) is 17.1. The van der Waals surface area contributed by atoms with E-state index in [0.717, 1.165) is 31.9 Å². The summed E-state index contributed by atoms with van der Waals surface area (Å²) >= 11 is 0. The third-order valence-corrected chi connectivity index (χ3v) is 3.06. The molecule has 0 saturated carbocycles. The van der Waals surface area contributed by atoms with Crippen LogP contribution >= 0.6 is 0 Å². The van der Waals surface area contributed by atoms with E-state index in [2.05, 4.69) is 9.72 Å². The monoisotopic (exact) mass is 239 g/mol. The third kappa shape index (κ3) is 2.12. The van der Waals surface area contributed by atoms with Crippen LogP contribution in [-0.4, -0.2) is 35.8 Å². The van der Waals surface area contributed by atoms with Gasteiger partial charge in [0, 0.05) is 19.3 Å². The average Bonchev–Trinajstić information content (AvgIpc) is 2.65. The highest BCUT2D eigenvalue weighted by Gasteiger charge is 2.25. The van der Waals surface area contributed by atoms with Crippen LogP contribution in [0.15, 0.2) is 0 Å². The zero-order valence-electron chi connectivity index (χ0n) is 10.1. The lowest BCUT2D eigenvalue weighted by molar-refractivity contribution is 0.0595. The quantitative estimate of drug-likeness (QED) is 0.776. The smallest absolute Gasteiger partial charge is 0.360 e. The molecule has 1 aromatic heterocycles. The number of imidazole rings is 1. The van der Waals surface area contributed by atoms with Gasteiger partial charge in [0.05, 0.1) is 7.11 Å². The minimum absolute atomic E-state index is 0.205. The number of methoxy groups -OCH3 is 1. The number of ether oxygens (including phenoxy) is 2. The maximum atomic E-state index is 11.5. The molecule has 1 aliphatic heterocycles. The van der Waals surface area contributed by atoms with Gasteiger partial charge in [-0.3, -0.25) is 0 Å². The van der Waals surface area contributed by atoms with Crippen LogP contribution in [0.5, 0.6) is 0 Å². The molecule has 0 spiro atoms. The molecule has 0 radical (unpaired) electrons. The second kappa shape index (κ2) is 4.75. The summed E-state index contributed by atoms with van der Waals surface area (Å²) in [4.78, 5) is 15.7. The van der Waals surface area contributed by atoms with Crippen LogP contribution < -0.4 is 5.73 Å². The number of hydrogen-bond acceptors (Lipinski definition) is 5. The summed E-state index contributed by atoms with van der Waals surface area (Å²) in [6.45, 7) is 3.28. The van der Waals surface area contributed by atoms with Gasteiger partial charge in [-0.2, -0.15) is 0 Å². The largest absolute Gasteiger partial charge is 0.464 e. The molecule has 2 heterocycles. The van der Waals surface area contributed by atoms with Gasteiger partial charge >= 0.3 is 5.97 Å². The van der Waals surface area contributed by atoms with Crippen molar-refractivity contribution in [3.05, 3.63) is 11.5 Å². The van der Waals surface area contributed by atoms with E-state index >= 15 is 0 Å². The first-order valence-corrected chi connectivity index (χ1v) is 5.65. The second-order valence-electron chi connectivity index (χ2n) is 4.10. The van der Waals surface area contributed by atoms with Gasteiger partial charge in [0.1, 0.15) is 11.6 Å². The Hall–Kier alpha value is -1.56. The van der Waals surface area contributed by atoms with Gasteiger partial charge in [-0.1, -0.05) is 0 Å². The van der Waals surface area contributed by atoms with Gasteiger partial charge in [-0.05, 0) is 19.8 Å². The zero-order valence-corrected chi connectivity index (χ0v) is 10.1. The predicted molar refractivity (Wildman–Crippen MR) is 61.8 cm³/mol. The van der Waals surface area contributed by atoms with E-state index in [1.807, 2.05) is 11.5 Å². The summed E-state index contributed by atoms with van der Waals surface area (Å²) in [6.07, 6.45) is 1.78. The maximum absolute atomic E-state index is 11.5. The Kier molecular flexibility index (Phi) is 3.33. The molecule has 1 aromatic rings. The highest BCUT2D eigenvalue weighted by molar-refractivity contribution is 5.92. The Bertz CT molecular complexity index is 422. The molecular weight excluding hydrogens is 222 g/mol. The summed E-state index contributed by atoms with van der Waals surface area (Å²) in [7, 11) is 1.32. The fraction of sp³-hybridized carbons (Fsp3) is 0.636. The van der Waals surface area contributed by atoms with E-state index in [1.54, 1.807) is 0 Å². The summed E-state index contributed by atoms with van der Waals surface area (Å²) in [6, 6.07) is 0.259. The van der Waals surface area contributed by atoms with Gasteiger partial charge in [0.2, 0.25) is 0 Å². The van der Waals surface area contributed by atoms with E-state index in [-0.39, 0.29) is 11.7 Å². The highest BCUT2D eigenvalue weighted by atomic mass is 16.5. The predicted octanol–water partition coefficient (Wildman–Crippen LogP) is 0.912.